The topological polar surface area (TPSA) is 140 Å². The Morgan fingerprint density at radius 1 is 1.23 bits per heavy atom. The number of nitrogens with zero attached hydrogens (tertiary/aromatic N) is 3. The van der Waals surface area contributed by atoms with E-state index in [1.807, 2.05) is 4.90 Å². The van der Waals surface area contributed by atoms with Gasteiger partial charge in [-0.3, -0.25) is 20.1 Å². The van der Waals surface area contributed by atoms with Crippen LogP contribution in [0.1, 0.15) is 42.5 Å². The van der Waals surface area contributed by atoms with Crippen LogP contribution in [0.25, 0.3) is 0 Å². The Morgan fingerprint density at radius 2 is 1.96 bits per heavy atom. The van der Waals surface area contributed by atoms with E-state index in [-0.39, 0.29) is 11.8 Å². The monoisotopic (exact) mass is 366 g/mol. The van der Waals surface area contributed by atoms with Crippen molar-refractivity contribution >= 4 is 17.8 Å². The predicted octanol–water partition coefficient (Wildman–Crippen LogP) is -0.610. The van der Waals surface area contributed by atoms with Gasteiger partial charge < -0.3 is 15.3 Å². The Morgan fingerprint density at radius 3 is 2.65 bits per heavy atom. The Hall–Kier alpha value is -2.30. The standard InChI is InChI=1S/C16H26N6O4/c23-13(21-26)5-3-1-2-4-6-18-15(25)12-9-19-16(20-10-12)22-8-7-17-14(24)11-22/h9-10,14,17,24,26H,1-8,11H2,(H,18,25)(H,21,23)/t14-/m1/s1. The van der Waals surface area contributed by atoms with Crippen molar-refractivity contribution < 1.29 is 19.9 Å². The van der Waals surface area contributed by atoms with E-state index < -0.39 is 6.23 Å². The number of hydrogen-bond acceptors (Lipinski definition) is 8. The highest BCUT2D eigenvalue weighted by molar-refractivity contribution is 5.93. The molecule has 10 nitrogen and oxygen atoms in total. The van der Waals surface area contributed by atoms with Gasteiger partial charge in [-0.15, -0.1) is 0 Å². The normalized spacial score (nSPS) is 17.0. The van der Waals surface area contributed by atoms with Crippen LogP contribution in [0.2, 0.25) is 0 Å². The van der Waals surface area contributed by atoms with Crippen LogP contribution >= 0.6 is 0 Å². The molecule has 2 rings (SSSR count). The minimum Gasteiger partial charge on any atom is -0.377 e. The van der Waals surface area contributed by atoms with Gasteiger partial charge in [0, 0.05) is 38.4 Å². The molecular weight excluding hydrogens is 340 g/mol. The molecule has 1 aliphatic heterocycles. The average Bonchev–Trinajstić information content (AvgIpc) is 2.67. The van der Waals surface area contributed by atoms with Crippen LogP contribution in [0.4, 0.5) is 5.95 Å². The number of aromatic nitrogens is 2. The molecular formula is C16H26N6O4. The first-order chi connectivity index (χ1) is 12.6. The van der Waals surface area contributed by atoms with Gasteiger partial charge in [0.25, 0.3) is 5.91 Å². The van der Waals surface area contributed by atoms with Crippen molar-refractivity contribution in [1.82, 2.24) is 26.1 Å². The quantitative estimate of drug-likeness (QED) is 0.222. The predicted molar refractivity (Wildman–Crippen MR) is 93.6 cm³/mol. The summed E-state index contributed by atoms with van der Waals surface area (Å²) < 4.78 is 0. The Balaban J connectivity index is 1.65. The third kappa shape index (κ3) is 6.54. The van der Waals surface area contributed by atoms with Gasteiger partial charge in [0.2, 0.25) is 11.9 Å². The molecule has 2 amide bonds. The smallest absolute Gasteiger partial charge is 0.254 e. The van der Waals surface area contributed by atoms with Crippen molar-refractivity contribution in [3.63, 3.8) is 0 Å². The molecule has 5 N–H and O–H groups in total. The van der Waals surface area contributed by atoms with Crippen LogP contribution in [0.15, 0.2) is 12.4 Å². The number of anilines is 1. The first kappa shape index (κ1) is 20.0. The maximum Gasteiger partial charge on any atom is 0.254 e. The lowest BCUT2D eigenvalue weighted by Gasteiger charge is -2.30. The molecule has 2 heterocycles. The number of aliphatic hydroxyl groups excluding tert-OH is 1. The fraction of sp³-hybridized carbons (Fsp3) is 0.625. The molecule has 26 heavy (non-hydrogen) atoms. The van der Waals surface area contributed by atoms with Gasteiger partial charge >= 0.3 is 0 Å². The minimum absolute atomic E-state index is 0.225. The molecule has 1 aromatic heterocycles. The van der Waals surface area contributed by atoms with Gasteiger partial charge in [-0.2, -0.15) is 0 Å². The number of β-amino-alcohol motifs (C(OH)–C–C–N with tert-alkyl or cyclic N) is 1. The van der Waals surface area contributed by atoms with Crippen LogP contribution in [0.3, 0.4) is 0 Å². The van der Waals surface area contributed by atoms with E-state index in [2.05, 4.69) is 20.6 Å². The van der Waals surface area contributed by atoms with Crippen LogP contribution in [-0.4, -0.2) is 64.5 Å². The summed E-state index contributed by atoms with van der Waals surface area (Å²) in [5.41, 5.74) is 1.99. The number of carbonyl (C=O) groups is 2. The number of amides is 2. The molecule has 0 saturated carbocycles. The van der Waals surface area contributed by atoms with Gasteiger partial charge in [0.15, 0.2) is 0 Å². The number of aliphatic hydroxyl groups is 1. The van der Waals surface area contributed by atoms with E-state index in [1.165, 1.54) is 12.4 Å². The SMILES string of the molecule is O=C(CCCCCCNC(=O)c1cnc(N2CCN[C@H](O)C2)nc1)NO. The number of hydroxylamine groups is 1. The molecule has 0 aromatic carbocycles. The molecule has 0 spiro atoms. The van der Waals surface area contributed by atoms with E-state index in [1.54, 1.807) is 5.48 Å². The first-order valence-corrected chi connectivity index (χ1v) is 8.79. The van der Waals surface area contributed by atoms with E-state index in [0.29, 0.717) is 50.5 Å². The van der Waals surface area contributed by atoms with Crippen molar-refractivity contribution in [3.8, 4) is 0 Å². The summed E-state index contributed by atoms with van der Waals surface area (Å²) in [7, 11) is 0. The zero-order valence-corrected chi connectivity index (χ0v) is 14.6. The fourth-order valence-corrected chi connectivity index (χ4v) is 2.64. The molecule has 1 aliphatic rings. The fourth-order valence-electron chi connectivity index (χ4n) is 2.64. The third-order valence-electron chi connectivity index (χ3n) is 4.08. The Labute approximate surface area is 152 Å². The van der Waals surface area contributed by atoms with Crippen molar-refractivity contribution in [3.05, 3.63) is 18.0 Å². The number of carbonyl (C=O) groups excluding carboxylic acids is 2. The number of hydrogen-bond donors (Lipinski definition) is 5. The highest BCUT2D eigenvalue weighted by Crippen LogP contribution is 2.09. The molecule has 0 bridgehead atoms. The van der Waals surface area contributed by atoms with Crippen LogP contribution in [0, 0.1) is 0 Å². The summed E-state index contributed by atoms with van der Waals surface area (Å²) in [6.45, 7) is 2.29. The summed E-state index contributed by atoms with van der Waals surface area (Å²) in [6, 6.07) is 0. The lowest BCUT2D eigenvalue weighted by atomic mass is 10.1. The Bertz CT molecular complexity index is 583. The van der Waals surface area contributed by atoms with Crippen molar-refractivity contribution in [1.29, 1.82) is 0 Å². The molecule has 0 aliphatic carbocycles. The number of unbranched alkanes of at least 4 members (excludes halogenated alkanes) is 3. The van der Waals surface area contributed by atoms with Crippen molar-refractivity contribution in [2.24, 2.45) is 0 Å². The van der Waals surface area contributed by atoms with Gasteiger partial charge in [0.1, 0.15) is 6.23 Å². The zero-order chi connectivity index (χ0) is 18.8. The maximum atomic E-state index is 12.1. The third-order valence-corrected chi connectivity index (χ3v) is 4.08. The maximum absolute atomic E-state index is 12.1. The molecule has 0 radical (unpaired) electrons. The van der Waals surface area contributed by atoms with E-state index >= 15 is 0 Å². The van der Waals surface area contributed by atoms with E-state index in [0.717, 1.165) is 19.3 Å². The molecule has 1 atom stereocenters. The highest BCUT2D eigenvalue weighted by atomic mass is 16.5. The number of rotatable bonds is 9. The number of piperazine rings is 1. The molecule has 1 fully saturated rings. The van der Waals surface area contributed by atoms with Gasteiger partial charge in [-0.25, -0.2) is 15.4 Å². The molecule has 0 unspecified atom stereocenters. The van der Waals surface area contributed by atoms with E-state index in [4.69, 9.17) is 5.21 Å². The molecule has 10 heteroatoms. The van der Waals surface area contributed by atoms with Crippen LogP contribution in [-0.2, 0) is 4.79 Å². The second-order valence-electron chi connectivity index (χ2n) is 6.14. The van der Waals surface area contributed by atoms with Crippen LogP contribution < -0.4 is 21.0 Å². The summed E-state index contributed by atoms with van der Waals surface area (Å²) >= 11 is 0. The lowest BCUT2D eigenvalue weighted by molar-refractivity contribution is -0.129. The zero-order valence-electron chi connectivity index (χ0n) is 14.6. The Kier molecular flexibility index (Phi) is 8.19. The first-order valence-electron chi connectivity index (χ1n) is 8.79. The van der Waals surface area contributed by atoms with Crippen molar-refractivity contribution in [2.75, 3.05) is 31.1 Å². The average molecular weight is 366 g/mol. The van der Waals surface area contributed by atoms with Gasteiger partial charge in [-0.1, -0.05) is 12.8 Å². The van der Waals surface area contributed by atoms with Gasteiger partial charge in [-0.05, 0) is 12.8 Å². The van der Waals surface area contributed by atoms with Gasteiger partial charge in [0.05, 0.1) is 12.1 Å². The molecule has 1 saturated heterocycles. The highest BCUT2D eigenvalue weighted by Gasteiger charge is 2.19. The summed E-state index contributed by atoms with van der Waals surface area (Å²) in [5, 5.41) is 23.7. The van der Waals surface area contributed by atoms with E-state index in [9.17, 15) is 14.7 Å². The largest absolute Gasteiger partial charge is 0.377 e. The summed E-state index contributed by atoms with van der Waals surface area (Å²) in [5.74, 6) is -0.109. The lowest BCUT2D eigenvalue weighted by Crippen LogP contribution is -2.51. The number of nitrogens with one attached hydrogen (secondary N) is 3. The second-order valence-corrected chi connectivity index (χ2v) is 6.14. The minimum atomic E-state index is -0.603. The molecule has 144 valence electrons. The summed E-state index contributed by atoms with van der Waals surface area (Å²) in [6.07, 6.45) is 5.93. The van der Waals surface area contributed by atoms with Crippen LogP contribution in [0.5, 0.6) is 0 Å². The summed E-state index contributed by atoms with van der Waals surface area (Å²) in [4.78, 5) is 33.2. The second kappa shape index (κ2) is 10.6. The van der Waals surface area contributed by atoms with Crippen molar-refractivity contribution in [2.45, 2.75) is 38.3 Å². The molecule has 1 aromatic rings.